The van der Waals surface area contributed by atoms with E-state index < -0.39 is 0 Å². The molecule has 3 rings (SSSR count). The number of benzene rings is 3. The molecule has 0 aromatic heterocycles. The molecule has 1 nitrogen and oxygen atoms in total. The highest BCUT2D eigenvalue weighted by Gasteiger charge is 2.14. The Morgan fingerprint density at radius 1 is 0.724 bits per heavy atom. The van der Waals surface area contributed by atoms with Crippen LogP contribution in [0.4, 0.5) is 5.69 Å². The van der Waals surface area contributed by atoms with Gasteiger partial charge in [-0.25, -0.2) is 0 Å². The van der Waals surface area contributed by atoms with E-state index in [9.17, 15) is 0 Å². The van der Waals surface area contributed by atoms with E-state index in [0.29, 0.717) is 0 Å². The lowest BCUT2D eigenvalue weighted by molar-refractivity contribution is 0.794. The maximum absolute atomic E-state index is 3.77. The van der Waals surface area contributed by atoms with Crippen molar-refractivity contribution < 1.29 is 0 Å². The standard InChI is InChI=1S/C27H34BN/c1-4-6-12-22-14-11-15-24(20-22)26-21-23(13-7-5-2)18-19-27(26)29-28(3)25-16-9-8-10-17-25/h8-11,14-21,29H,4-7,12-13H2,1-3H3. The van der Waals surface area contributed by atoms with Gasteiger partial charge in [0.05, 0.1) is 0 Å². The van der Waals surface area contributed by atoms with Crippen LogP contribution >= 0.6 is 0 Å². The second-order valence-electron chi connectivity index (χ2n) is 8.06. The normalized spacial score (nSPS) is 10.7. The molecule has 0 bridgehead atoms. The summed E-state index contributed by atoms with van der Waals surface area (Å²) in [5.74, 6) is 0. The molecule has 0 amide bonds. The van der Waals surface area contributed by atoms with Crippen molar-refractivity contribution in [1.29, 1.82) is 0 Å². The highest BCUT2D eigenvalue weighted by atomic mass is 14.8. The number of hydrogen-bond acceptors (Lipinski definition) is 1. The largest absolute Gasteiger partial charge is 0.424 e. The average Bonchev–Trinajstić information content (AvgIpc) is 2.77. The van der Waals surface area contributed by atoms with Gasteiger partial charge in [-0.05, 0) is 54.5 Å². The Kier molecular flexibility index (Phi) is 7.99. The van der Waals surface area contributed by atoms with Crippen LogP contribution in [0.15, 0.2) is 72.8 Å². The Morgan fingerprint density at radius 2 is 1.41 bits per heavy atom. The van der Waals surface area contributed by atoms with E-state index in [1.165, 1.54) is 59.1 Å². The highest BCUT2D eigenvalue weighted by Crippen LogP contribution is 2.31. The molecular formula is C27H34BN. The van der Waals surface area contributed by atoms with Gasteiger partial charge in [0.2, 0.25) is 0 Å². The summed E-state index contributed by atoms with van der Waals surface area (Å²) in [6.45, 7) is 7.02. The van der Waals surface area contributed by atoms with Crippen molar-refractivity contribution in [3.63, 3.8) is 0 Å². The number of hydrogen-bond donors (Lipinski definition) is 1. The Morgan fingerprint density at radius 3 is 2.10 bits per heavy atom. The van der Waals surface area contributed by atoms with Crippen LogP contribution in [0, 0.1) is 0 Å². The Labute approximate surface area is 177 Å². The van der Waals surface area contributed by atoms with Crippen molar-refractivity contribution in [2.45, 2.75) is 59.2 Å². The summed E-state index contributed by atoms with van der Waals surface area (Å²) in [7, 11) is 0. The van der Waals surface area contributed by atoms with Gasteiger partial charge < -0.3 is 5.23 Å². The summed E-state index contributed by atoms with van der Waals surface area (Å²) < 4.78 is 0. The van der Waals surface area contributed by atoms with Crippen molar-refractivity contribution in [3.8, 4) is 11.1 Å². The smallest absolute Gasteiger partial charge is 0.282 e. The van der Waals surface area contributed by atoms with Crippen LogP contribution in [-0.2, 0) is 12.8 Å². The summed E-state index contributed by atoms with van der Waals surface area (Å²) in [5, 5.41) is 3.77. The fourth-order valence-corrected chi connectivity index (χ4v) is 3.83. The first-order valence-electron chi connectivity index (χ1n) is 11.2. The predicted molar refractivity (Wildman–Crippen MR) is 130 cm³/mol. The summed E-state index contributed by atoms with van der Waals surface area (Å²) in [6, 6.07) is 26.8. The fourth-order valence-electron chi connectivity index (χ4n) is 3.83. The summed E-state index contributed by atoms with van der Waals surface area (Å²) in [4.78, 5) is 0. The second-order valence-corrected chi connectivity index (χ2v) is 8.06. The van der Waals surface area contributed by atoms with Crippen LogP contribution in [0.5, 0.6) is 0 Å². The van der Waals surface area contributed by atoms with E-state index in [-0.39, 0.29) is 6.85 Å². The van der Waals surface area contributed by atoms with Gasteiger partial charge in [-0.15, -0.1) is 0 Å². The van der Waals surface area contributed by atoms with E-state index in [0.717, 1.165) is 12.8 Å². The molecule has 29 heavy (non-hydrogen) atoms. The Bertz CT molecular complexity index is 888. The molecule has 0 heterocycles. The molecule has 3 aromatic rings. The lowest BCUT2D eigenvalue weighted by Gasteiger charge is -2.18. The number of aryl methyl sites for hydroxylation is 2. The van der Waals surface area contributed by atoms with Gasteiger partial charge in [0.15, 0.2) is 0 Å². The van der Waals surface area contributed by atoms with E-state index in [4.69, 9.17) is 0 Å². The zero-order valence-electron chi connectivity index (χ0n) is 18.2. The first-order valence-corrected chi connectivity index (χ1v) is 11.2. The van der Waals surface area contributed by atoms with Crippen LogP contribution < -0.4 is 10.7 Å². The minimum absolute atomic E-state index is 0.264. The molecule has 0 fully saturated rings. The molecule has 150 valence electrons. The number of rotatable bonds is 10. The van der Waals surface area contributed by atoms with Crippen LogP contribution in [0.1, 0.15) is 50.7 Å². The van der Waals surface area contributed by atoms with Gasteiger partial charge in [-0.1, -0.05) is 99.6 Å². The maximum atomic E-state index is 3.77. The predicted octanol–water partition coefficient (Wildman–Crippen LogP) is 6.98. The van der Waals surface area contributed by atoms with Gasteiger partial charge in [-0.3, -0.25) is 0 Å². The molecule has 0 aliphatic carbocycles. The van der Waals surface area contributed by atoms with Crippen LogP contribution in [0.2, 0.25) is 6.82 Å². The molecule has 0 aliphatic heterocycles. The lowest BCUT2D eigenvalue weighted by atomic mass is 9.58. The molecule has 0 saturated carbocycles. The van der Waals surface area contributed by atoms with Crippen molar-refractivity contribution in [3.05, 3.63) is 83.9 Å². The van der Waals surface area contributed by atoms with E-state index >= 15 is 0 Å². The quantitative estimate of drug-likeness (QED) is 0.373. The summed E-state index contributed by atoms with van der Waals surface area (Å²) in [5.41, 5.74) is 8.03. The van der Waals surface area contributed by atoms with Crippen molar-refractivity contribution in [2.75, 3.05) is 5.23 Å². The number of unbranched alkanes of at least 4 members (excludes halogenated alkanes) is 2. The molecule has 2 heteroatoms. The Balaban J connectivity index is 1.93. The van der Waals surface area contributed by atoms with Crippen LogP contribution in [0.25, 0.3) is 11.1 Å². The summed E-state index contributed by atoms with van der Waals surface area (Å²) >= 11 is 0. The summed E-state index contributed by atoms with van der Waals surface area (Å²) in [6.07, 6.45) is 7.25. The zero-order valence-corrected chi connectivity index (χ0v) is 18.2. The molecule has 0 unspecified atom stereocenters. The first kappa shape index (κ1) is 21.2. The SMILES string of the molecule is CCCCc1cccc(-c2cc(CCCC)ccc2NB(C)c2ccccc2)c1. The highest BCUT2D eigenvalue weighted by molar-refractivity contribution is 6.75. The molecule has 1 N–H and O–H groups in total. The Hall–Kier alpha value is -2.48. The van der Waals surface area contributed by atoms with Gasteiger partial charge in [0, 0.05) is 11.3 Å². The maximum Gasteiger partial charge on any atom is 0.282 e. The van der Waals surface area contributed by atoms with E-state index in [2.05, 4.69) is 98.7 Å². The third-order valence-corrected chi connectivity index (χ3v) is 5.63. The van der Waals surface area contributed by atoms with Crippen molar-refractivity contribution >= 4 is 18.0 Å². The lowest BCUT2D eigenvalue weighted by Crippen LogP contribution is -2.35. The second kappa shape index (κ2) is 10.9. The van der Waals surface area contributed by atoms with E-state index in [1.807, 2.05) is 0 Å². The zero-order chi connectivity index (χ0) is 20.5. The average molecular weight is 383 g/mol. The van der Waals surface area contributed by atoms with E-state index in [1.54, 1.807) is 0 Å². The molecule has 0 aliphatic rings. The number of nitrogens with one attached hydrogen (secondary N) is 1. The monoisotopic (exact) mass is 383 g/mol. The van der Waals surface area contributed by atoms with Gasteiger partial charge in [0.25, 0.3) is 6.85 Å². The minimum Gasteiger partial charge on any atom is -0.424 e. The number of anilines is 1. The topological polar surface area (TPSA) is 12.0 Å². The third-order valence-electron chi connectivity index (χ3n) is 5.63. The van der Waals surface area contributed by atoms with Crippen LogP contribution in [0.3, 0.4) is 0 Å². The van der Waals surface area contributed by atoms with Crippen molar-refractivity contribution in [2.24, 2.45) is 0 Å². The molecule has 0 saturated heterocycles. The molecule has 0 radical (unpaired) electrons. The van der Waals surface area contributed by atoms with Gasteiger partial charge >= 0.3 is 0 Å². The molecule has 3 aromatic carbocycles. The van der Waals surface area contributed by atoms with Gasteiger partial charge in [-0.2, -0.15) is 0 Å². The van der Waals surface area contributed by atoms with Crippen molar-refractivity contribution in [1.82, 2.24) is 0 Å². The molecule has 0 spiro atoms. The minimum atomic E-state index is 0.264. The first-order chi connectivity index (χ1) is 14.2. The molecular weight excluding hydrogens is 349 g/mol. The third kappa shape index (κ3) is 6.00. The van der Waals surface area contributed by atoms with Gasteiger partial charge in [0.1, 0.15) is 0 Å². The fraction of sp³-hybridized carbons (Fsp3) is 0.333. The van der Waals surface area contributed by atoms with Crippen LogP contribution in [-0.4, -0.2) is 6.85 Å². The molecule has 0 atom stereocenters.